The smallest absolute Gasteiger partial charge is 0.140 e. The van der Waals surface area contributed by atoms with Crippen LogP contribution in [0.5, 0.6) is 0 Å². The Morgan fingerprint density at radius 1 is 1.58 bits per heavy atom. The summed E-state index contributed by atoms with van der Waals surface area (Å²) < 4.78 is 1.94. The molecule has 0 aliphatic heterocycles. The van der Waals surface area contributed by atoms with Crippen LogP contribution in [0.1, 0.15) is 32.3 Å². The van der Waals surface area contributed by atoms with Crippen molar-refractivity contribution in [2.45, 2.75) is 32.8 Å². The number of aliphatic hydroxyl groups is 1. The lowest BCUT2D eigenvalue weighted by atomic mass is 10.1. The van der Waals surface area contributed by atoms with E-state index in [0.717, 1.165) is 17.9 Å². The van der Waals surface area contributed by atoms with Gasteiger partial charge in [0.15, 0.2) is 0 Å². The summed E-state index contributed by atoms with van der Waals surface area (Å²) in [7, 11) is 1.93. The Morgan fingerprint density at radius 2 is 2.17 bits per heavy atom. The summed E-state index contributed by atoms with van der Waals surface area (Å²) in [4.78, 5) is 4.17. The zero-order valence-corrected chi connectivity index (χ0v) is 8.13. The summed E-state index contributed by atoms with van der Waals surface area (Å²) in [5, 5.41) is 9.70. The van der Waals surface area contributed by atoms with Gasteiger partial charge in [-0.25, -0.2) is 4.98 Å². The molecule has 0 fully saturated rings. The molecule has 1 aromatic heterocycles. The van der Waals surface area contributed by atoms with E-state index in [9.17, 15) is 5.11 Å². The van der Waals surface area contributed by atoms with Gasteiger partial charge >= 0.3 is 0 Å². The number of hydrogen-bond acceptors (Lipinski definition) is 2. The van der Waals surface area contributed by atoms with Crippen LogP contribution >= 0.6 is 0 Å². The van der Waals surface area contributed by atoms with Crippen molar-refractivity contribution in [3.8, 4) is 0 Å². The van der Waals surface area contributed by atoms with Crippen molar-refractivity contribution in [2.75, 3.05) is 0 Å². The average molecular weight is 168 g/mol. The van der Waals surface area contributed by atoms with Gasteiger partial charge < -0.3 is 9.67 Å². The molecule has 0 aromatic carbocycles. The molecule has 68 valence electrons. The number of aryl methyl sites for hydroxylation is 1. The first kappa shape index (κ1) is 9.26. The van der Waals surface area contributed by atoms with Crippen LogP contribution in [0.15, 0.2) is 6.20 Å². The minimum atomic E-state index is -0.845. The highest BCUT2D eigenvalue weighted by atomic mass is 16.3. The van der Waals surface area contributed by atoms with Crippen LogP contribution in [0, 0.1) is 0 Å². The van der Waals surface area contributed by atoms with E-state index in [2.05, 4.69) is 11.9 Å². The molecule has 1 aromatic rings. The number of aromatic nitrogens is 2. The maximum absolute atomic E-state index is 9.70. The Hall–Kier alpha value is -0.830. The standard InChI is InChI=1S/C9H16N2O/c1-5-7-6-10-8(11(7)4)9(2,3)12/h6,12H,5H2,1-4H3. The van der Waals surface area contributed by atoms with Crippen molar-refractivity contribution in [1.82, 2.24) is 9.55 Å². The Bertz CT molecular complexity index is 271. The monoisotopic (exact) mass is 168 g/mol. The lowest BCUT2D eigenvalue weighted by molar-refractivity contribution is 0.0656. The molecule has 0 spiro atoms. The van der Waals surface area contributed by atoms with E-state index in [1.165, 1.54) is 0 Å². The highest BCUT2D eigenvalue weighted by molar-refractivity contribution is 5.09. The minimum Gasteiger partial charge on any atom is -0.383 e. The Kier molecular flexibility index (Phi) is 2.24. The van der Waals surface area contributed by atoms with Crippen LogP contribution in [0.3, 0.4) is 0 Å². The van der Waals surface area contributed by atoms with Gasteiger partial charge in [-0.05, 0) is 20.3 Å². The third-order valence-corrected chi connectivity index (χ3v) is 1.99. The number of imidazole rings is 1. The molecule has 0 unspecified atom stereocenters. The van der Waals surface area contributed by atoms with Gasteiger partial charge in [-0.1, -0.05) is 6.92 Å². The zero-order chi connectivity index (χ0) is 9.35. The summed E-state index contributed by atoms with van der Waals surface area (Å²) in [5.74, 6) is 0.722. The van der Waals surface area contributed by atoms with Gasteiger partial charge in [-0.3, -0.25) is 0 Å². The maximum atomic E-state index is 9.70. The third kappa shape index (κ3) is 1.50. The van der Waals surface area contributed by atoms with Gasteiger partial charge in [0.1, 0.15) is 11.4 Å². The lowest BCUT2D eigenvalue weighted by Crippen LogP contribution is -2.21. The van der Waals surface area contributed by atoms with E-state index < -0.39 is 5.60 Å². The summed E-state index contributed by atoms with van der Waals surface area (Å²) in [6.07, 6.45) is 2.76. The Labute approximate surface area is 73.1 Å². The third-order valence-electron chi connectivity index (χ3n) is 1.99. The highest BCUT2D eigenvalue weighted by Gasteiger charge is 2.21. The first-order valence-electron chi connectivity index (χ1n) is 4.20. The van der Waals surface area contributed by atoms with Crippen LogP contribution in [0.25, 0.3) is 0 Å². The van der Waals surface area contributed by atoms with E-state index in [-0.39, 0.29) is 0 Å². The molecule has 3 nitrogen and oxygen atoms in total. The molecule has 1 heterocycles. The van der Waals surface area contributed by atoms with E-state index in [0.29, 0.717) is 0 Å². The first-order valence-corrected chi connectivity index (χ1v) is 4.20. The predicted molar refractivity (Wildman–Crippen MR) is 47.8 cm³/mol. The molecule has 12 heavy (non-hydrogen) atoms. The molecule has 0 atom stereocenters. The largest absolute Gasteiger partial charge is 0.383 e. The van der Waals surface area contributed by atoms with E-state index >= 15 is 0 Å². The van der Waals surface area contributed by atoms with Gasteiger partial charge in [0, 0.05) is 18.9 Å². The molecular formula is C9H16N2O. The Balaban J connectivity index is 3.11. The molecular weight excluding hydrogens is 152 g/mol. The summed E-state index contributed by atoms with van der Waals surface area (Å²) in [6, 6.07) is 0. The molecule has 0 bridgehead atoms. The molecule has 1 N–H and O–H groups in total. The van der Waals surface area contributed by atoms with Crippen LogP contribution in [0.4, 0.5) is 0 Å². The SMILES string of the molecule is CCc1cnc(C(C)(C)O)n1C. The van der Waals surface area contributed by atoms with Crippen molar-refractivity contribution in [2.24, 2.45) is 7.05 Å². The van der Waals surface area contributed by atoms with Crippen molar-refractivity contribution >= 4 is 0 Å². The fourth-order valence-corrected chi connectivity index (χ4v) is 1.34. The van der Waals surface area contributed by atoms with Gasteiger partial charge in [0.05, 0.1) is 0 Å². The van der Waals surface area contributed by atoms with Crippen LogP contribution in [0.2, 0.25) is 0 Å². The van der Waals surface area contributed by atoms with Crippen molar-refractivity contribution < 1.29 is 5.11 Å². The molecule has 0 saturated carbocycles. The lowest BCUT2D eigenvalue weighted by Gasteiger charge is -2.17. The van der Waals surface area contributed by atoms with Gasteiger partial charge in [-0.2, -0.15) is 0 Å². The molecule has 1 rings (SSSR count). The van der Waals surface area contributed by atoms with Crippen LogP contribution in [-0.2, 0) is 19.1 Å². The van der Waals surface area contributed by atoms with E-state index in [1.807, 2.05) is 17.8 Å². The van der Waals surface area contributed by atoms with Crippen molar-refractivity contribution in [3.63, 3.8) is 0 Å². The van der Waals surface area contributed by atoms with E-state index in [1.54, 1.807) is 13.8 Å². The number of rotatable bonds is 2. The molecule has 0 amide bonds. The highest BCUT2D eigenvalue weighted by Crippen LogP contribution is 2.18. The Morgan fingerprint density at radius 3 is 2.42 bits per heavy atom. The molecule has 0 radical (unpaired) electrons. The van der Waals surface area contributed by atoms with Crippen molar-refractivity contribution in [3.05, 3.63) is 17.7 Å². The maximum Gasteiger partial charge on any atom is 0.140 e. The second-order valence-electron chi connectivity index (χ2n) is 3.54. The first-order chi connectivity index (χ1) is 5.46. The summed E-state index contributed by atoms with van der Waals surface area (Å²) >= 11 is 0. The van der Waals surface area contributed by atoms with Gasteiger partial charge in [0.2, 0.25) is 0 Å². The average Bonchev–Trinajstić information content (AvgIpc) is 2.29. The normalized spacial score (nSPS) is 12.1. The molecule has 0 aliphatic rings. The quantitative estimate of drug-likeness (QED) is 0.720. The fraction of sp³-hybridized carbons (Fsp3) is 0.667. The number of nitrogens with zero attached hydrogens (tertiary/aromatic N) is 2. The molecule has 0 aliphatic carbocycles. The minimum absolute atomic E-state index is 0.722. The van der Waals surface area contributed by atoms with Crippen molar-refractivity contribution in [1.29, 1.82) is 0 Å². The van der Waals surface area contributed by atoms with Gasteiger partial charge in [0.25, 0.3) is 0 Å². The molecule has 0 saturated heterocycles. The summed E-state index contributed by atoms with van der Waals surface area (Å²) in [6.45, 7) is 5.56. The predicted octanol–water partition coefficient (Wildman–Crippen LogP) is 1.21. The zero-order valence-electron chi connectivity index (χ0n) is 8.13. The topological polar surface area (TPSA) is 38.1 Å². The van der Waals surface area contributed by atoms with Crippen LogP contribution < -0.4 is 0 Å². The second kappa shape index (κ2) is 2.90. The second-order valence-corrected chi connectivity index (χ2v) is 3.54. The van der Waals surface area contributed by atoms with E-state index in [4.69, 9.17) is 0 Å². The fourth-order valence-electron chi connectivity index (χ4n) is 1.34. The molecule has 3 heteroatoms. The summed E-state index contributed by atoms with van der Waals surface area (Å²) in [5.41, 5.74) is 0.300. The van der Waals surface area contributed by atoms with Gasteiger partial charge in [-0.15, -0.1) is 0 Å². The van der Waals surface area contributed by atoms with Crippen LogP contribution in [-0.4, -0.2) is 14.7 Å². The number of hydrogen-bond donors (Lipinski definition) is 1.